The van der Waals surface area contributed by atoms with Gasteiger partial charge in [0.1, 0.15) is 11.6 Å². The molecule has 0 bridgehead atoms. The maximum atomic E-state index is 13.8. The van der Waals surface area contributed by atoms with Gasteiger partial charge in [0.05, 0.1) is 6.04 Å². The van der Waals surface area contributed by atoms with Gasteiger partial charge in [0, 0.05) is 31.1 Å². The van der Waals surface area contributed by atoms with E-state index in [-0.39, 0.29) is 36.1 Å². The molecule has 0 saturated carbocycles. The molecule has 0 aromatic heterocycles. The minimum absolute atomic E-state index is 0. The fourth-order valence-corrected chi connectivity index (χ4v) is 4.23. The first-order valence-corrected chi connectivity index (χ1v) is 8.58. The Bertz CT molecular complexity index is 829. The molecule has 0 radical (unpaired) electrons. The minimum atomic E-state index is -0.419. The molecule has 2 aromatic rings. The van der Waals surface area contributed by atoms with Crippen LogP contribution in [0, 0.1) is 30.4 Å². The molecule has 4 rings (SSSR count). The second kappa shape index (κ2) is 7.33. The number of aryl methyl sites for hydroxylation is 1. The molecular formula is C20H21ClF2N2O. The van der Waals surface area contributed by atoms with E-state index in [2.05, 4.69) is 5.32 Å². The van der Waals surface area contributed by atoms with Crippen molar-refractivity contribution >= 4 is 18.3 Å². The number of fused-ring (bicyclic) bond motifs is 1. The summed E-state index contributed by atoms with van der Waals surface area (Å²) in [5.74, 6) is -0.315. The summed E-state index contributed by atoms with van der Waals surface area (Å²) in [6.07, 6.45) is 0. The average molecular weight is 379 g/mol. The van der Waals surface area contributed by atoms with Gasteiger partial charge in [-0.15, -0.1) is 12.4 Å². The highest BCUT2D eigenvalue weighted by Crippen LogP contribution is 2.43. The number of halogens is 3. The third-order valence-corrected chi connectivity index (χ3v) is 5.45. The lowest BCUT2D eigenvalue weighted by Crippen LogP contribution is -2.35. The quantitative estimate of drug-likeness (QED) is 0.863. The number of nitrogens with one attached hydrogen (secondary N) is 1. The molecule has 2 fully saturated rings. The molecule has 3 nitrogen and oxygen atoms in total. The van der Waals surface area contributed by atoms with Gasteiger partial charge in [0.15, 0.2) is 0 Å². The van der Waals surface area contributed by atoms with E-state index in [1.54, 1.807) is 17.0 Å². The molecule has 3 atom stereocenters. The van der Waals surface area contributed by atoms with Crippen LogP contribution < -0.4 is 5.32 Å². The van der Waals surface area contributed by atoms with Gasteiger partial charge < -0.3 is 10.2 Å². The Hall–Kier alpha value is -1.98. The van der Waals surface area contributed by atoms with Gasteiger partial charge in [0.25, 0.3) is 5.91 Å². The van der Waals surface area contributed by atoms with Crippen LogP contribution in [0.2, 0.25) is 0 Å². The van der Waals surface area contributed by atoms with Crippen LogP contribution >= 0.6 is 12.4 Å². The lowest BCUT2D eigenvalue weighted by Gasteiger charge is -2.29. The molecule has 1 amide bonds. The second-order valence-electron chi connectivity index (χ2n) is 7.00. The standard InChI is InChI=1S/C20H20F2N2O.ClH/c1-12-5-6-16(22)8-17(12)20(25)24-11-14-9-23-10-18(14)19(24)13-3-2-4-15(21)7-13;/h2-8,14,18-19,23H,9-11H2,1H3;1H/t14-,18-,19+;/m0./s1. The number of carbonyl (C=O) groups excluding carboxylic acids is 1. The van der Waals surface area contributed by atoms with Crippen molar-refractivity contribution in [2.45, 2.75) is 13.0 Å². The molecule has 0 spiro atoms. The largest absolute Gasteiger partial charge is 0.331 e. The molecule has 1 N–H and O–H groups in total. The first-order valence-electron chi connectivity index (χ1n) is 8.58. The predicted molar refractivity (Wildman–Crippen MR) is 98.4 cm³/mol. The predicted octanol–water partition coefficient (Wildman–Crippen LogP) is 3.73. The van der Waals surface area contributed by atoms with Crippen molar-refractivity contribution in [2.24, 2.45) is 11.8 Å². The van der Waals surface area contributed by atoms with Crippen LogP contribution in [0.5, 0.6) is 0 Å². The van der Waals surface area contributed by atoms with Crippen LogP contribution in [0.3, 0.4) is 0 Å². The molecule has 2 saturated heterocycles. The van der Waals surface area contributed by atoms with Gasteiger partial charge in [-0.2, -0.15) is 0 Å². The third-order valence-electron chi connectivity index (χ3n) is 5.45. The molecule has 2 aliphatic rings. The van der Waals surface area contributed by atoms with Gasteiger partial charge >= 0.3 is 0 Å². The number of benzene rings is 2. The number of hydrogen-bond donors (Lipinski definition) is 1. The van der Waals surface area contributed by atoms with Crippen LogP contribution in [0.25, 0.3) is 0 Å². The molecule has 138 valence electrons. The zero-order valence-corrected chi connectivity index (χ0v) is 15.2. The second-order valence-corrected chi connectivity index (χ2v) is 7.00. The highest BCUT2D eigenvalue weighted by Gasteiger charge is 2.47. The Balaban J connectivity index is 0.00000196. The van der Waals surface area contributed by atoms with Crippen molar-refractivity contribution in [3.05, 3.63) is 70.8 Å². The van der Waals surface area contributed by atoms with Crippen molar-refractivity contribution in [3.63, 3.8) is 0 Å². The first-order chi connectivity index (χ1) is 12.0. The van der Waals surface area contributed by atoms with E-state index in [4.69, 9.17) is 0 Å². The summed E-state index contributed by atoms with van der Waals surface area (Å²) < 4.78 is 27.4. The highest BCUT2D eigenvalue weighted by atomic mass is 35.5. The Morgan fingerprint density at radius 2 is 1.88 bits per heavy atom. The number of nitrogens with zero attached hydrogens (tertiary/aromatic N) is 1. The van der Waals surface area contributed by atoms with Crippen molar-refractivity contribution in [1.29, 1.82) is 0 Å². The number of hydrogen-bond acceptors (Lipinski definition) is 2. The molecule has 2 aliphatic heterocycles. The van der Waals surface area contributed by atoms with Crippen LogP contribution in [0.15, 0.2) is 42.5 Å². The smallest absolute Gasteiger partial charge is 0.254 e. The SMILES string of the molecule is Cc1ccc(F)cc1C(=O)N1C[C@@H]2CNC[C@@H]2[C@H]1c1cccc(F)c1.Cl. The summed E-state index contributed by atoms with van der Waals surface area (Å²) in [6.45, 7) is 4.07. The summed E-state index contributed by atoms with van der Waals surface area (Å²) in [5, 5.41) is 3.37. The van der Waals surface area contributed by atoms with E-state index in [0.717, 1.165) is 24.2 Å². The lowest BCUT2D eigenvalue weighted by atomic mass is 9.89. The normalized spacial score (nSPS) is 24.3. The van der Waals surface area contributed by atoms with E-state index in [1.165, 1.54) is 24.3 Å². The fraction of sp³-hybridized carbons (Fsp3) is 0.350. The van der Waals surface area contributed by atoms with Crippen LogP contribution in [-0.4, -0.2) is 30.4 Å². The van der Waals surface area contributed by atoms with Crippen molar-refractivity contribution in [2.75, 3.05) is 19.6 Å². The summed E-state index contributed by atoms with van der Waals surface area (Å²) in [5.41, 5.74) is 1.94. The minimum Gasteiger partial charge on any atom is -0.331 e. The fourth-order valence-electron chi connectivity index (χ4n) is 4.23. The molecular weight excluding hydrogens is 358 g/mol. The molecule has 2 aromatic carbocycles. The number of carbonyl (C=O) groups is 1. The van der Waals surface area contributed by atoms with Crippen molar-refractivity contribution in [3.8, 4) is 0 Å². The third kappa shape index (κ3) is 3.21. The topological polar surface area (TPSA) is 32.3 Å². The van der Waals surface area contributed by atoms with E-state index >= 15 is 0 Å². The lowest BCUT2D eigenvalue weighted by molar-refractivity contribution is 0.0712. The van der Waals surface area contributed by atoms with Crippen molar-refractivity contribution in [1.82, 2.24) is 10.2 Å². The monoisotopic (exact) mass is 378 g/mol. The summed E-state index contributed by atoms with van der Waals surface area (Å²) in [6, 6.07) is 10.6. The zero-order chi connectivity index (χ0) is 17.6. The van der Waals surface area contributed by atoms with Crippen LogP contribution in [-0.2, 0) is 0 Å². The summed E-state index contributed by atoms with van der Waals surface area (Å²) >= 11 is 0. The molecule has 0 unspecified atom stereocenters. The zero-order valence-electron chi connectivity index (χ0n) is 14.4. The van der Waals surface area contributed by atoms with E-state index in [0.29, 0.717) is 18.0 Å². The molecule has 26 heavy (non-hydrogen) atoms. The Morgan fingerprint density at radius 3 is 2.65 bits per heavy atom. The number of likely N-dealkylation sites (tertiary alicyclic amines) is 1. The van der Waals surface area contributed by atoms with Gasteiger partial charge in [-0.25, -0.2) is 8.78 Å². The van der Waals surface area contributed by atoms with Crippen molar-refractivity contribution < 1.29 is 13.6 Å². The molecule has 6 heteroatoms. The molecule has 0 aliphatic carbocycles. The summed E-state index contributed by atoms with van der Waals surface area (Å²) in [7, 11) is 0. The van der Waals surface area contributed by atoms with Crippen LogP contribution in [0.1, 0.15) is 27.5 Å². The van der Waals surface area contributed by atoms with Gasteiger partial charge in [-0.05, 0) is 48.2 Å². The maximum absolute atomic E-state index is 13.8. The number of amides is 1. The van der Waals surface area contributed by atoms with E-state index in [9.17, 15) is 13.6 Å². The van der Waals surface area contributed by atoms with Gasteiger partial charge in [0.2, 0.25) is 0 Å². The van der Waals surface area contributed by atoms with Gasteiger partial charge in [-0.1, -0.05) is 18.2 Å². The Morgan fingerprint density at radius 1 is 1.12 bits per heavy atom. The van der Waals surface area contributed by atoms with E-state index < -0.39 is 5.82 Å². The maximum Gasteiger partial charge on any atom is 0.254 e. The van der Waals surface area contributed by atoms with Crippen LogP contribution in [0.4, 0.5) is 8.78 Å². The average Bonchev–Trinajstić information content (AvgIpc) is 3.17. The van der Waals surface area contributed by atoms with Gasteiger partial charge in [-0.3, -0.25) is 4.79 Å². The Labute approximate surface area is 157 Å². The highest BCUT2D eigenvalue weighted by molar-refractivity contribution is 5.96. The number of rotatable bonds is 2. The summed E-state index contributed by atoms with van der Waals surface area (Å²) in [4.78, 5) is 15.0. The first kappa shape index (κ1) is 18.8. The Kier molecular flexibility index (Phi) is 5.30. The van der Waals surface area contributed by atoms with E-state index in [1.807, 2.05) is 13.0 Å². The molecule has 2 heterocycles.